The lowest BCUT2D eigenvalue weighted by Gasteiger charge is -2.27. The molecule has 1 rings (SSSR count). The number of carboxylic acids is 1. The summed E-state index contributed by atoms with van der Waals surface area (Å²) < 4.78 is 0. The molecule has 0 aromatic heterocycles. The summed E-state index contributed by atoms with van der Waals surface area (Å²) in [7, 11) is 0. The lowest BCUT2D eigenvalue weighted by molar-refractivity contribution is -0.139. The van der Waals surface area contributed by atoms with Crippen molar-refractivity contribution in [1.82, 2.24) is 21.3 Å². The molecule has 4 atom stereocenters. The first kappa shape index (κ1) is 36.1. The predicted octanol–water partition coefficient (Wildman–Crippen LogP) is -1.72. The van der Waals surface area contributed by atoms with Gasteiger partial charge in [0.15, 0.2) is 11.9 Å². The van der Waals surface area contributed by atoms with Crippen molar-refractivity contribution in [1.29, 1.82) is 0 Å². The molecular formula is C27H44N10O6. The van der Waals surface area contributed by atoms with Crippen molar-refractivity contribution < 1.29 is 29.1 Å². The van der Waals surface area contributed by atoms with Gasteiger partial charge >= 0.3 is 12.0 Å². The van der Waals surface area contributed by atoms with Crippen LogP contribution in [0.1, 0.15) is 45.1 Å². The van der Waals surface area contributed by atoms with E-state index in [1.54, 1.807) is 44.2 Å². The number of rotatable bonds is 19. The first-order valence-electron chi connectivity index (χ1n) is 13.8. The van der Waals surface area contributed by atoms with E-state index in [2.05, 4.69) is 31.3 Å². The second-order valence-electron chi connectivity index (χ2n) is 10.1. The number of aldehydes is 1. The van der Waals surface area contributed by atoms with Gasteiger partial charge in [0.05, 0.1) is 6.04 Å². The maximum Gasteiger partial charge on any atom is 0.326 e. The van der Waals surface area contributed by atoms with E-state index in [-0.39, 0.29) is 50.7 Å². The first-order valence-corrected chi connectivity index (χ1v) is 13.8. The van der Waals surface area contributed by atoms with Crippen LogP contribution in [0.15, 0.2) is 40.3 Å². The van der Waals surface area contributed by atoms with Gasteiger partial charge in [0.1, 0.15) is 24.4 Å². The lowest BCUT2D eigenvalue weighted by Crippen LogP contribution is -2.58. The zero-order chi connectivity index (χ0) is 32.4. The molecular weight excluding hydrogens is 560 g/mol. The molecule has 0 spiro atoms. The van der Waals surface area contributed by atoms with Crippen LogP contribution in [0.5, 0.6) is 0 Å². The molecule has 0 radical (unpaired) electrons. The van der Waals surface area contributed by atoms with Gasteiger partial charge in [-0.15, -0.1) is 0 Å². The van der Waals surface area contributed by atoms with Crippen molar-refractivity contribution in [2.45, 2.75) is 70.1 Å². The van der Waals surface area contributed by atoms with Crippen LogP contribution in [0.2, 0.25) is 0 Å². The van der Waals surface area contributed by atoms with E-state index in [0.717, 1.165) is 0 Å². The number of aliphatic carboxylic acids is 1. The third kappa shape index (κ3) is 15.1. The van der Waals surface area contributed by atoms with E-state index < -0.39 is 53.9 Å². The molecule has 16 nitrogen and oxygen atoms in total. The van der Waals surface area contributed by atoms with E-state index in [9.17, 15) is 29.1 Å². The highest BCUT2D eigenvalue weighted by atomic mass is 16.4. The van der Waals surface area contributed by atoms with Gasteiger partial charge in [-0.05, 0) is 37.2 Å². The number of hydrogen-bond donors (Lipinski definition) is 9. The van der Waals surface area contributed by atoms with E-state index in [1.165, 1.54) is 0 Å². The van der Waals surface area contributed by atoms with Crippen LogP contribution in [0, 0.1) is 5.92 Å². The van der Waals surface area contributed by atoms with E-state index in [4.69, 9.17) is 22.9 Å². The van der Waals surface area contributed by atoms with Gasteiger partial charge in [-0.25, -0.2) is 9.59 Å². The van der Waals surface area contributed by atoms with Gasteiger partial charge in [0.2, 0.25) is 11.8 Å². The Bertz CT molecular complexity index is 1120. The molecule has 0 fully saturated rings. The van der Waals surface area contributed by atoms with Crippen molar-refractivity contribution in [3.8, 4) is 0 Å². The minimum Gasteiger partial charge on any atom is -0.480 e. The van der Waals surface area contributed by atoms with Gasteiger partial charge in [0.25, 0.3) is 0 Å². The lowest BCUT2D eigenvalue weighted by atomic mass is 10.0. The molecule has 0 unspecified atom stereocenters. The van der Waals surface area contributed by atoms with Crippen molar-refractivity contribution in [3.63, 3.8) is 0 Å². The predicted molar refractivity (Wildman–Crippen MR) is 162 cm³/mol. The molecule has 0 aliphatic carbocycles. The van der Waals surface area contributed by atoms with Crippen LogP contribution in [0.4, 0.5) is 4.79 Å². The van der Waals surface area contributed by atoms with Gasteiger partial charge in [-0.2, -0.15) is 0 Å². The van der Waals surface area contributed by atoms with Crippen molar-refractivity contribution >= 4 is 42.0 Å². The SMILES string of the molecule is CC(C)[C@@H](NC(=O)[C@H](CCCN=C(N)N)NC(=O)N[C@@H](Cc1ccccc1)C(=O)O)C(=O)N[C@H](C=O)CCCN=C(N)N. The van der Waals surface area contributed by atoms with E-state index >= 15 is 0 Å². The molecule has 1 aromatic carbocycles. The average Bonchev–Trinajstić information content (AvgIpc) is 2.94. The summed E-state index contributed by atoms with van der Waals surface area (Å²) in [4.78, 5) is 70.3. The second-order valence-corrected chi connectivity index (χ2v) is 10.1. The maximum absolute atomic E-state index is 13.3. The first-order chi connectivity index (χ1) is 20.3. The summed E-state index contributed by atoms with van der Waals surface area (Å²) in [5.41, 5.74) is 22.0. The maximum atomic E-state index is 13.3. The number of aliphatic imine (C=N–C) groups is 2. The molecule has 238 valence electrons. The quantitative estimate of drug-likeness (QED) is 0.0372. The number of guanidine groups is 2. The molecule has 0 aliphatic rings. The van der Waals surface area contributed by atoms with Gasteiger partial charge in [0, 0.05) is 19.5 Å². The Morgan fingerprint density at radius 3 is 1.88 bits per heavy atom. The molecule has 0 saturated carbocycles. The fourth-order valence-corrected chi connectivity index (χ4v) is 3.94. The van der Waals surface area contributed by atoms with Crippen LogP contribution in [-0.2, 0) is 25.6 Å². The topological polar surface area (TPSA) is 282 Å². The Kier molecular flexibility index (Phi) is 16.2. The molecule has 43 heavy (non-hydrogen) atoms. The Hall–Kier alpha value is -4.89. The smallest absolute Gasteiger partial charge is 0.326 e. The van der Waals surface area contributed by atoms with E-state index in [0.29, 0.717) is 18.3 Å². The largest absolute Gasteiger partial charge is 0.480 e. The summed E-state index contributed by atoms with van der Waals surface area (Å²) in [5.74, 6) is -3.17. The zero-order valence-electron chi connectivity index (χ0n) is 24.5. The minimum absolute atomic E-state index is 0.0183. The van der Waals surface area contributed by atoms with Crippen molar-refractivity contribution in [2.24, 2.45) is 38.8 Å². The summed E-state index contributed by atoms with van der Waals surface area (Å²) in [6.07, 6.45) is 1.65. The highest BCUT2D eigenvalue weighted by Gasteiger charge is 2.30. The number of hydrogen-bond acceptors (Lipinski definition) is 7. The number of nitrogens with one attached hydrogen (secondary N) is 4. The summed E-state index contributed by atoms with van der Waals surface area (Å²) in [5, 5.41) is 19.7. The highest BCUT2D eigenvalue weighted by Crippen LogP contribution is 2.08. The monoisotopic (exact) mass is 604 g/mol. The van der Waals surface area contributed by atoms with Crippen LogP contribution in [-0.4, -0.2) is 84.4 Å². The average molecular weight is 605 g/mol. The van der Waals surface area contributed by atoms with Gasteiger partial charge < -0.3 is 54.1 Å². The number of nitrogens with zero attached hydrogens (tertiary/aromatic N) is 2. The van der Waals surface area contributed by atoms with Crippen LogP contribution < -0.4 is 44.2 Å². The Morgan fingerprint density at radius 2 is 1.37 bits per heavy atom. The molecule has 0 saturated heterocycles. The molecule has 1 aromatic rings. The molecule has 13 N–H and O–H groups in total. The van der Waals surface area contributed by atoms with E-state index in [1.807, 2.05) is 0 Å². The minimum atomic E-state index is -1.27. The Balaban J connectivity index is 2.97. The van der Waals surface area contributed by atoms with Crippen LogP contribution in [0.3, 0.4) is 0 Å². The zero-order valence-corrected chi connectivity index (χ0v) is 24.5. The van der Waals surface area contributed by atoms with Gasteiger partial charge in [-0.1, -0.05) is 44.2 Å². The number of urea groups is 1. The van der Waals surface area contributed by atoms with Crippen LogP contribution in [0.25, 0.3) is 0 Å². The molecule has 0 aliphatic heterocycles. The number of nitrogens with two attached hydrogens (primary N) is 4. The molecule has 4 amide bonds. The molecule has 0 bridgehead atoms. The normalized spacial score (nSPS) is 13.4. The standard InChI is InChI=1S/C27H44N10O6/c1-16(2)21(23(40)34-18(15-38)10-6-12-32-25(28)29)37-22(39)19(11-7-13-33-26(30)31)35-27(43)36-20(24(41)42)14-17-8-4-3-5-9-17/h3-5,8-9,15-16,18-21H,6-7,10-14H2,1-2H3,(H,34,40)(H,37,39)(H,41,42)(H4,28,29,32)(H4,30,31,33)(H2,35,36,43)/t18-,19-,20-,21+/m0/s1. The van der Waals surface area contributed by atoms with Crippen molar-refractivity contribution in [2.75, 3.05) is 13.1 Å². The third-order valence-corrected chi connectivity index (χ3v) is 6.16. The van der Waals surface area contributed by atoms with Crippen LogP contribution >= 0.6 is 0 Å². The Morgan fingerprint density at radius 1 is 0.814 bits per heavy atom. The summed E-state index contributed by atoms with van der Waals surface area (Å²) in [6.45, 7) is 3.84. The number of carbonyl (C=O) groups excluding carboxylic acids is 4. The summed E-state index contributed by atoms with van der Waals surface area (Å²) >= 11 is 0. The third-order valence-electron chi connectivity index (χ3n) is 6.16. The number of benzene rings is 1. The fraction of sp³-hybridized carbons (Fsp3) is 0.519. The highest BCUT2D eigenvalue weighted by molar-refractivity contribution is 5.93. The fourth-order valence-electron chi connectivity index (χ4n) is 3.94. The Labute approximate surface area is 250 Å². The number of amides is 4. The number of carbonyl (C=O) groups is 5. The molecule has 16 heteroatoms. The molecule has 0 heterocycles. The van der Waals surface area contributed by atoms with Gasteiger partial charge in [-0.3, -0.25) is 19.6 Å². The summed E-state index contributed by atoms with van der Waals surface area (Å²) in [6, 6.07) is 3.51. The van der Waals surface area contributed by atoms with Crippen molar-refractivity contribution in [3.05, 3.63) is 35.9 Å². The number of carboxylic acid groups (broad SMARTS) is 1. The second kappa shape index (κ2) is 19.3.